The van der Waals surface area contributed by atoms with E-state index in [2.05, 4.69) is 65.9 Å². The van der Waals surface area contributed by atoms with E-state index in [4.69, 9.17) is 4.74 Å². The van der Waals surface area contributed by atoms with Crippen molar-refractivity contribution >= 4 is 22.6 Å². The van der Waals surface area contributed by atoms with Gasteiger partial charge in [-0.05, 0) is 24.0 Å². The number of hydrogen-bond acceptors (Lipinski definition) is 1. The van der Waals surface area contributed by atoms with Crippen molar-refractivity contribution in [2.75, 3.05) is 6.61 Å². The highest BCUT2D eigenvalue weighted by molar-refractivity contribution is 14.1. The molecule has 1 aromatic rings. The monoisotopic (exact) mass is 428 g/mol. The lowest BCUT2D eigenvalue weighted by molar-refractivity contribution is 0.148. The number of ether oxygens (including phenoxy) is 1. The van der Waals surface area contributed by atoms with Gasteiger partial charge in [-0.25, -0.2) is 0 Å². The van der Waals surface area contributed by atoms with E-state index >= 15 is 0 Å². The smallest absolute Gasteiger partial charge is 0.0721 e. The van der Waals surface area contributed by atoms with Crippen molar-refractivity contribution in [1.82, 2.24) is 0 Å². The maximum Gasteiger partial charge on any atom is 0.0721 e. The summed E-state index contributed by atoms with van der Waals surface area (Å²) in [4.78, 5) is 0. The second-order valence-electron chi connectivity index (χ2n) is 6.20. The Balaban J connectivity index is 1.90. The van der Waals surface area contributed by atoms with Crippen LogP contribution < -0.4 is 0 Å². The van der Waals surface area contributed by atoms with Crippen LogP contribution >= 0.6 is 22.6 Å². The van der Waals surface area contributed by atoms with Gasteiger partial charge in [0.25, 0.3) is 0 Å². The van der Waals surface area contributed by atoms with Crippen molar-refractivity contribution in [3.05, 3.63) is 47.5 Å². The molecule has 0 unspecified atom stereocenters. The summed E-state index contributed by atoms with van der Waals surface area (Å²) in [6.07, 6.45) is 16.8. The average molecular weight is 428 g/mol. The maximum absolute atomic E-state index is 5.69. The summed E-state index contributed by atoms with van der Waals surface area (Å²) in [7, 11) is 0. The van der Waals surface area contributed by atoms with Gasteiger partial charge >= 0.3 is 0 Å². The first-order valence-corrected chi connectivity index (χ1v) is 10.8. The van der Waals surface area contributed by atoms with Crippen LogP contribution in [0.15, 0.2) is 36.4 Å². The van der Waals surface area contributed by atoms with Gasteiger partial charge in [0.1, 0.15) is 0 Å². The lowest BCUT2D eigenvalue weighted by atomic mass is 10.1. The minimum Gasteiger partial charge on any atom is -0.373 e. The molecule has 0 aromatic heterocycles. The van der Waals surface area contributed by atoms with E-state index in [1.165, 1.54) is 68.9 Å². The molecule has 130 valence electrons. The molecule has 1 rings (SSSR count). The minimum absolute atomic E-state index is 0.712. The third-order valence-corrected chi connectivity index (χ3v) is 4.93. The number of allylic oxidation sites excluding steroid dienone is 1. The van der Waals surface area contributed by atoms with Crippen molar-refractivity contribution in [1.29, 1.82) is 0 Å². The van der Waals surface area contributed by atoms with E-state index in [9.17, 15) is 0 Å². The summed E-state index contributed by atoms with van der Waals surface area (Å²) in [6, 6.07) is 8.70. The van der Waals surface area contributed by atoms with Crippen molar-refractivity contribution in [3.8, 4) is 0 Å². The quantitative estimate of drug-likeness (QED) is 0.132. The van der Waals surface area contributed by atoms with Crippen LogP contribution in [0.1, 0.15) is 75.8 Å². The molecule has 0 aliphatic heterocycles. The predicted molar refractivity (Wildman–Crippen MR) is 110 cm³/mol. The van der Waals surface area contributed by atoms with Gasteiger partial charge < -0.3 is 4.74 Å². The highest BCUT2D eigenvalue weighted by Crippen LogP contribution is 2.10. The van der Waals surface area contributed by atoms with Gasteiger partial charge in [-0.15, -0.1) is 0 Å². The van der Waals surface area contributed by atoms with Crippen LogP contribution in [0.25, 0.3) is 0 Å². The Hall–Kier alpha value is -0.350. The second kappa shape index (κ2) is 15.2. The van der Waals surface area contributed by atoms with E-state index < -0.39 is 0 Å². The molecule has 1 aromatic carbocycles. The number of hydrogen-bond donors (Lipinski definition) is 0. The van der Waals surface area contributed by atoms with Crippen molar-refractivity contribution in [2.24, 2.45) is 0 Å². The molecule has 23 heavy (non-hydrogen) atoms. The Bertz CT molecular complexity index is 397. The third-order valence-electron chi connectivity index (χ3n) is 4.05. The van der Waals surface area contributed by atoms with Crippen molar-refractivity contribution < 1.29 is 4.74 Å². The van der Waals surface area contributed by atoms with E-state index in [1.807, 2.05) is 0 Å². The van der Waals surface area contributed by atoms with Crippen LogP contribution in [0.4, 0.5) is 0 Å². The molecule has 2 heteroatoms. The molecule has 1 nitrogen and oxygen atoms in total. The normalized spacial score (nSPS) is 11.4. The number of unbranched alkanes of at least 4 members (excludes halogenated alkanes) is 8. The molecule has 0 atom stereocenters. The average Bonchev–Trinajstić information content (AvgIpc) is 2.59. The molecule has 0 bridgehead atoms. The largest absolute Gasteiger partial charge is 0.373 e. The first-order chi connectivity index (χ1) is 11.4. The third kappa shape index (κ3) is 11.8. The van der Waals surface area contributed by atoms with Gasteiger partial charge in [0.2, 0.25) is 0 Å². The van der Waals surface area contributed by atoms with Crippen molar-refractivity contribution in [3.63, 3.8) is 0 Å². The lowest BCUT2D eigenvalue weighted by Crippen LogP contribution is -1.93. The summed E-state index contributed by atoms with van der Waals surface area (Å²) in [5.41, 5.74) is 2.63. The summed E-state index contributed by atoms with van der Waals surface area (Å²) in [5.74, 6) is 0. The van der Waals surface area contributed by atoms with E-state index in [-0.39, 0.29) is 0 Å². The Kier molecular flexibility index (Phi) is 13.7. The van der Waals surface area contributed by atoms with Crippen molar-refractivity contribution in [2.45, 2.75) is 75.7 Å². The van der Waals surface area contributed by atoms with Crippen LogP contribution in [-0.4, -0.2) is 6.61 Å². The molecule has 0 radical (unpaired) electrons. The maximum atomic E-state index is 5.69. The lowest BCUT2D eigenvalue weighted by Gasteiger charge is -2.03. The summed E-state index contributed by atoms with van der Waals surface area (Å²) >= 11 is 2.39. The number of halogens is 1. The van der Waals surface area contributed by atoms with Gasteiger partial charge in [0.05, 0.1) is 13.2 Å². The summed E-state index contributed by atoms with van der Waals surface area (Å²) in [6.45, 7) is 3.71. The standard InChI is InChI=1S/C21H33IO/c1-2-3-4-5-6-7-8-9-10-11-12-17-23-19-21-15-13-20(18-22)14-16-21/h11-16H,2-10,17-19H2,1H3. The number of alkyl halides is 1. The fourth-order valence-corrected chi connectivity index (χ4v) is 3.06. The molecular weight excluding hydrogens is 395 g/mol. The summed E-state index contributed by atoms with van der Waals surface area (Å²) < 4.78 is 6.76. The van der Waals surface area contributed by atoms with Crippen LogP contribution in [-0.2, 0) is 15.8 Å². The zero-order chi connectivity index (χ0) is 16.6. The van der Waals surface area contributed by atoms with Gasteiger partial charge in [0.15, 0.2) is 0 Å². The van der Waals surface area contributed by atoms with E-state index in [0.29, 0.717) is 6.61 Å². The number of benzene rings is 1. The summed E-state index contributed by atoms with van der Waals surface area (Å²) in [5, 5.41) is 0. The Morgan fingerprint density at radius 2 is 1.43 bits per heavy atom. The Morgan fingerprint density at radius 3 is 2.09 bits per heavy atom. The molecule has 0 heterocycles. The zero-order valence-corrected chi connectivity index (χ0v) is 16.9. The van der Waals surface area contributed by atoms with Gasteiger partial charge in [0, 0.05) is 4.43 Å². The highest BCUT2D eigenvalue weighted by Gasteiger charge is 1.94. The fourth-order valence-electron chi connectivity index (χ4n) is 2.55. The van der Waals surface area contributed by atoms with Gasteiger partial charge in [-0.1, -0.05) is 111 Å². The first kappa shape index (κ1) is 20.7. The highest BCUT2D eigenvalue weighted by atomic mass is 127. The minimum atomic E-state index is 0.712. The molecule has 0 spiro atoms. The molecule has 0 saturated carbocycles. The molecule has 0 aliphatic rings. The number of rotatable bonds is 14. The van der Waals surface area contributed by atoms with Crippen LogP contribution in [0.2, 0.25) is 0 Å². The topological polar surface area (TPSA) is 9.23 Å². The molecule has 0 saturated heterocycles. The molecule has 0 fully saturated rings. The van der Waals surface area contributed by atoms with Crippen LogP contribution in [0, 0.1) is 0 Å². The molecule has 0 N–H and O–H groups in total. The van der Waals surface area contributed by atoms with Gasteiger partial charge in [-0.3, -0.25) is 0 Å². The zero-order valence-electron chi connectivity index (χ0n) is 14.7. The molecule has 0 aliphatic carbocycles. The van der Waals surface area contributed by atoms with Crippen LogP contribution in [0.3, 0.4) is 0 Å². The Morgan fingerprint density at radius 1 is 0.826 bits per heavy atom. The molecular formula is C21H33IO. The molecule has 0 amide bonds. The first-order valence-electron chi connectivity index (χ1n) is 9.23. The van der Waals surface area contributed by atoms with E-state index in [0.717, 1.165) is 11.0 Å². The Labute approximate surface area is 157 Å². The van der Waals surface area contributed by atoms with Crippen LogP contribution in [0.5, 0.6) is 0 Å². The fraction of sp³-hybridized carbons (Fsp3) is 0.619. The second-order valence-corrected chi connectivity index (χ2v) is 6.96. The van der Waals surface area contributed by atoms with Gasteiger partial charge in [-0.2, -0.15) is 0 Å². The van der Waals surface area contributed by atoms with E-state index in [1.54, 1.807) is 0 Å². The predicted octanol–water partition coefficient (Wildman–Crippen LogP) is 7.23. The SMILES string of the molecule is CCCCCCCCCCC=CCOCc1ccc(CI)cc1.